The molecular weight excluding hydrogens is 498 g/mol. The number of carboxylic acids is 4. The number of nitro benzene ring substituents is 1. The molecule has 0 heterocycles. The van der Waals surface area contributed by atoms with Crippen molar-refractivity contribution in [1.82, 2.24) is 0 Å². The van der Waals surface area contributed by atoms with E-state index in [0.29, 0.717) is 0 Å². The van der Waals surface area contributed by atoms with Crippen LogP contribution in [0, 0.1) is 17.0 Å². The Balaban J connectivity index is 2.22. The third-order valence-electron chi connectivity index (χ3n) is 4.68. The minimum Gasteiger partial charge on any atom is -0.488 e. The highest BCUT2D eigenvalue weighted by Gasteiger charge is 2.27. The molecule has 2 aromatic rings. The second kappa shape index (κ2) is 12.6. The van der Waals surface area contributed by atoms with Gasteiger partial charge in [0.1, 0.15) is 37.8 Å². The van der Waals surface area contributed by atoms with Crippen molar-refractivity contribution in [2.75, 3.05) is 36.5 Å². The molecule has 5 N–H and O–H groups in total. The van der Waals surface area contributed by atoms with E-state index in [1.165, 1.54) is 6.07 Å². The summed E-state index contributed by atoms with van der Waals surface area (Å²) in [4.78, 5) is 56.3. The predicted molar refractivity (Wildman–Crippen MR) is 125 cm³/mol. The number of hydrogen-bond donors (Lipinski definition) is 5. The van der Waals surface area contributed by atoms with Crippen molar-refractivity contribution < 1.29 is 54.0 Å². The SMILES string of the molecule is Cc1ccc(N(CC(=O)O)CC(=O)O)c(OCCOc2cc([N+](=O)[O-])ccc2NC(C(=O)O)C(=O)O)c1. The van der Waals surface area contributed by atoms with Gasteiger partial charge in [-0.25, -0.2) is 9.59 Å². The van der Waals surface area contributed by atoms with E-state index in [1.54, 1.807) is 19.1 Å². The van der Waals surface area contributed by atoms with Crippen LogP contribution in [0.3, 0.4) is 0 Å². The molecule has 0 saturated carbocycles. The van der Waals surface area contributed by atoms with Crippen molar-refractivity contribution in [3.63, 3.8) is 0 Å². The maximum atomic E-state index is 11.2. The first-order valence-electron chi connectivity index (χ1n) is 10.4. The molecule has 0 amide bonds. The van der Waals surface area contributed by atoms with E-state index in [1.807, 2.05) is 0 Å². The van der Waals surface area contributed by atoms with Crippen LogP contribution in [0.2, 0.25) is 0 Å². The highest BCUT2D eigenvalue weighted by atomic mass is 16.6. The first-order chi connectivity index (χ1) is 17.4. The summed E-state index contributed by atoms with van der Waals surface area (Å²) in [6.45, 7) is 0.0481. The van der Waals surface area contributed by atoms with Crippen LogP contribution in [0.5, 0.6) is 11.5 Å². The summed E-state index contributed by atoms with van der Waals surface area (Å²) in [6.07, 6.45) is 0. The Morgan fingerprint density at radius 2 is 1.49 bits per heavy atom. The lowest BCUT2D eigenvalue weighted by atomic mass is 10.2. The number of anilines is 2. The lowest BCUT2D eigenvalue weighted by molar-refractivity contribution is -0.384. The maximum Gasteiger partial charge on any atom is 0.337 e. The lowest BCUT2D eigenvalue weighted by Crippen LogP contribution is -2.37. The van der Waals surface area contributed by atoms with Gasteiger partial charge >= 0.3 is 23.9 Å². The quantitative estimate of drug-likeness (QED) is 0.0963. The molecule has 0 atom stereocenters. The normalized spacial score (nSPS) is 10.4. The van der Waals surface area contributed by atoms with Crippen molar-refractivity contribution in [2.45, 2.75) is 13.0 Å². The van der Waals surface area contributed by atoms with Gasteiger partial charge in [-0.1, -0.05) is 6.07 Å². The second-order valence-electron chi connectivity index (χ2n) is 7.50. The number of nitrogens with one attached hydrogen (secondary N) is 1. The summed E-state index contributed by atoms with van der Waals surface area (Å²) in [5, 5.41) is 49.8. The fraction of sp³-hybridized carbons (Fsp3) is 0.273. The van der Waals surface area contributed by atoms with Crippen LogP contribution in [-0.2, 0) is 19.2 Å². The molecule has 0 aliphatic heterocycles. The molecule has 0 unspecified atom stereocenters. The Morgan fingerprint density at radius 3 is 2.00 bits per heavy atom. The van der Waals surface area contributed by atoms with Crippen LogP contribution >= 0.6 is 0 Å². The molecular formula is C22H23N3O12. The van der Waals surface area contributed by atoms with E-state index in [0.717, 1.165) is 28.7 Å². The number of aliphatic carboxylic acids is 4. The lowest BCUT2D eigenvalue weighted by Gasteiger charge is -2.24. The topological polar surface area (TPSA) is 226 Å². The number of hydrogen-bond acceptors (Lipinski definition) is 10. The molecule has 0 aromatic heterocycles. The van der Waals surface area contributed by atoms with Gasteiger partial charge in [-0.15, -0.1) is 0 Å². The van der Waals surface area contributed by atoms with Crippen molar-refractivity contribution in [2.24, 2.45) is 0 Å². The smallest absolute Gasteiger partial charge is 0.337 e. The number of carboxylic acid groups (broad SMARTS) is 4. The van der Waals surface area contributed by atoms with E-state index >= 15 is 0 Å². The minimum atomic E-state index is -2.05. The molecule has 0 aliphatic rings. The molecule has 37 heavy (non-hydrogen) atoms. The van der Waals surface area contributed by atoms with Crippen LogP contribution in [0.1, 0.15) is 5.56 Å². The highest BCUT2D eigenvalue weighted by Crippen LogP contribution is 2.31. The van der Waals surface area contributed by atoms with Gasteiger partial charge in [-0.3, -0.25) is 19.7 Å². The summed E-state index contributed by atoms with van der Waals surface area (Å²) >= 11 is 0. The average Bonchev–Trinajstić information content (AvgIpc) is 2.79. The number of aryl methyl sites for hydroxylation is 1. The molecule has 15 heteroatoms. The largest absolute Gasteiger partial charge is 0.488 e. The Bertz CT molecular complexity index is 1170. The summed E-state index contributed by atoms with van der Waals surface area (Å²) in [6, 6.07) is 5.74. The third kappa shape index (κ3) is 8.27. The number of nitro groups is 1. The molecule has 15 nitrogen and oxygen atoms in total. The fourth-order valence-corrected chi connectivity index (χ4v) is 3.10. The molecule has 2 rings (SSSR count). The van der Waals surface area contributed by atoms with Gasteiger partial charge in [-0.05, 0) is 30.7 Å². The van der Waals surface area contributed by atoms with Crippen LogP contribution in [0.15, 0.2) is 36.4 Å². The van der Waals surface area contributed by atoms with Crippen LogP contribution in [0.25, 0.3) is 0 Å². The predicted octanol–water partition coefficient (Wildman–Crippen LogP) is 1.29. The van der Waals surface area contributed by atoms with Crippen LogP contribution in [-0.4, -0.2) is 81.6 Å². The highest BCUT2D eigenvalue weighted by molar-refractivity contribution is 6.00. The minimum absolute atomic E-state index is 0.134. The maximum absolute atomic E-state index is 11.2. The van der Waals surface area contributed by atoms with Gasteiger partial charge in [0.2, 0.25) is 6.04 Å². The number of non-ortho nitro benzene ring substituents is 1. The van der Waals surface area contributed by atoms with Crippen molar-refractivity contribution in [1.29, 1.82) is 0 Å². The van der Waals surface area contributed by atoms with Crippen molar-refractivity contribution in [3.05, 3.63) is 52.1 Å². The number of rotatable bonds is 15. The zero-order valence-electron chi connectivity index (χ0n) is 19.3. The molecule has 0 aliphatic carbocycles. The summed E-state index contributed by atoms with van der Waals surface area (Å²) in [5.41, 5.74) is 0.385. The second-order valence-corrected chi connectivity index (χ2v) is 7.50. The van der Waals surface area contributed by atoms with Gasteiger partial charge in [0.05, 0.1) is 22.4 Å². The molecule has 0 bridgehead atoms. The summed E-state index contributed by atoms with van der Waals surface area (Å²) in [5.74, 6) is -5.97. The average molecular weight is 521 g/mol. The summed E-state index contributed by atoms with van der Waals surface area (Å²) < 4.78 is 11.2. The van der Waals surface area contributed by atoms with E-state index in [-0.39, 0.29) is 36.1 Å². The Kier molecular flexibility index (Phi) is 9.57. The number of benzene rings is 2. The van der Waals surface area contributed by atoms with Crippen molar-refractivity contribution >= 4 is 40.9 Å². The molecule has 0 saturated heterocycles. The van der Waals surface area contributed by atoms with Crippen LogP contribution in [0.4, 0.5) is 17.1 Å². The van der Waals surface area contributed by atoms with E-state index in [9.17, 15) is 29.3 Å². The van der Waals surface area contributed by atoms with Gasteiger partial charge < -0.3 is 40.1 Å². The Hall–Kier alpha value is -5.08. The number of carbonyl (C=O) groups is 4. The summed E-state index contributed by atoms with van der Waals surface area (Å²) in [7, 11) is 0. The Labute approximate surface area is 208 Å². The van der Waals surface area contributed by atoms with Gasteiger partial charge in [-0.2, -0.15) is 0 Å². The number of nitrogens with zero attached hydrogens (tertiary/aromatic N) is 2. The van der Waals surface area contributed by atoms with Crippen LogP contribution < -0.4 is 19.7 Å². The fourth-order valence-electron chi connectivity index (χ4n) is 3.10. The van der Waals surface area contributed by atoms with Crippen molar-refractivity contribution in [3.8, 4) is 11.5 Å². The monoisotopic (exact) mass is 521 g/mol. The molecule has 198 valence electrons. The standard InChI is InChI=1S/C22H23N3O12/c1-12-2-5-15(24(10-18(26)27)11-19(28)29)17(8-12)37-7-6-36-16-9-13(25(34)35)3-4-14(16)23-20(21(30)31)22(32)33/h2-5,8-9,20,23H,6-7,10-11H2,1H3,(H,26,27)(H,28,29)(H,30,31)(H,32,33). The van der Waals surface area contributed by atoms with Gasteiger partial charge in [0.15, 0.2) is 0 Å². The zero-order valence-corrected chi connectivity index (χ0v) is 19.3. The first-order valence-corrected chi connectivity index (χ1v) is 10.4. The first kappa shape index (κ1) is 28.2. The molecule has 0 radical (unpaired) electrons. The number of ether oxygens (including phenoxy) is 2. The van der Waals surface area contributed by atoms with Gasteiger partial charge in [0, 0.05) is 6.07 Å². The van der Waals surface area contributed by atoms with E-state index < -0.39 is 53.6 Å². The molecule has 0 fully saturated rings. The van der Waals surface area contributed by atoms with E-state index in [4.69, 9.17) is 29.9 Å². The zero-order chi connectivity index (χ0) is 27.7. The van der Waals surface area contributed by atoms with Gasteiger partial charge in [0.25, 0.3) is 5.69 Å². The van der Waals surface area contributed by atoms with E-state index in [2.05, 4.69) is 5.32 Å². The Morgan fingerprint density at radius 1 is 0.919 bits per heavy atom. The third-order valence-corrected chi connectivity index (χ3v) is 4.68. The molecule has 2 aromatic carbocycles. The molecule has 0 spiro atoms.